The number of morpholine rings is 1. The molecular weight excluding hydrogens is 312 g/mol. The third-order valence-corrected chi connectivity index (χ3v) is 6.14. The maximum Gasteiger partial charge on any atom is 0.238 e. The number of nitrogens with zero attached hydrogens (tertiary/aromatic N) is 1. The van der Waals surface area contributed by atoms with Gasteiger partial charge in [0.25, 0.3) is 0 Å². The molecule has 1 saturated carbocycles. The Morgan fingerprint density at radius 1 is 1.35 bits per heavy atom. The van der Waals surface area contributed by atoms with Gasteiger partial charge in [-0.2, -0.15) is 0 Å². The number of para-hydroxylation sites is 1. The van der Waals surface area contributed by atoms with Crippen LogP contribution in [-0.2, 0) is 14.3 Å². The molecule has 2 amide bonds. The van der Waals surface area contributed by atoms with E-state index in [1.54, 1.807) is 0 Å². The highest BCUT2D eigenvalue weighted by Crippen LogP contribution is 2.37. The highest BCUT2D eigenvalue weighted by Gasteiger charge is 2.39. The van der Waals surface area contributed by atoms with Crippen LogP contribution in [0.3, 0.4) is 0 Å². The number of hydrogen-bond donors (Lipinski definition) is 1. The lowest BCUT2D eigenvalue weighted by atomic mass is 10.1. The summed E-state index contributed by atoms with van der Waals surface area (Å²) in [6.07, 6.45) is 3.63. The molecule has 2 heterocycles. The predicted octanol–water partition coefficient (Wildman–Crippen LogP) is 2.27. The van der Waals surface area contributed by atoms with E-state index < -0.39 is 0 Å². The first-order chi connectivity index (χ1) is 11.2. The first-order valence-electron chi connectivity index (χ1n) is 8.20. The highest BCUT2D eigenvalue weighted by atomic mass is 32.2. The number of amides is 2. The molecule has 1 N–H and O–H groups in total. The van der Waals surface area contributed by atoms with E-state index in [0.29, 0.717) is 13.2 Å². The van der Waals surface area contributed by atoms with Gasteiger partial charge < -0.3 is 15.0 Å². The van der Waals surface area contributed by atoms with Gasteiger partial charge in [0.2, 0.25) is 11.8 Å². The second kappa shape index (κ2) is 6.17. The number of fused-ring (bicyclic) bond motifs is 2. The van der Waals surface area contributed by atoms with Crippen LogP contribution in [0.4, 0.5) is 5.69 Å². The van der Waals surface area contributed by atoms with Crippen molar-refractivity contribution in [1.29, 1.82) is 0 Å². The minimum atomic E-state index is -0.347. The van der Waals surface area contributed by atoms with E-state index in [-0.39, 0.29) is 35.6 Å². The second-order valence-corrected chi connectivity index (χ2v) is 7.54. The van der Waals surface area contributed by atoms with Crippen molar-refractivity contribution in [2.75, 3.05) is 18.5 Å². The van der Waals surface area contributed by atoms with E-state index in [1.807, 2.05) is 29.2 Å². The molecule has 1 aliphatic carbocycles. The minimum Gasteiger partial charge on any atom is -0.374 e. The van der Waals surface area contributed by atoms with E-state index in [0.717, 1.165) is 29.8 Å². The van der Waals surface area contributed by atoms with Gasteiger partial charge in [0.05, 0.1) is 29.7 Å². The lowest BCUT2D eigenvalue weighted by Crippen LogP contribution is -2.52. The molecule has 3 atom stereocenters. The standard InChI is InChI=1S/C17H20N2O3S/c20-16(19-8-9-22-13-6-3-5-12(13)19)10-15-17(21)18-11-4-1-2-7-14(11)23-15/h1-2,4,7,12-13,15H,3,5-6,8-10H2,(H,18,21). The van der Waals surface area contributed by atoms with Crippen LogP contribution in [0.5, 0.6) is 0 Å². The molecule has 122 valence electrons. The van der Waals surface area contributed by atoms with Crippen molar-refractivity contribution in [2.45, 2.75) is 48.0 Å². The van der Waals surface area contributed by atoms with Crippen LogP contribution < -0.4 is 5.32 Å². The molecule has 4 rings (SSSR count). The van der Waals surface area contributed by atoms with Crippen LogP contribution >= 0.6 is 11.8 Å². The summed E-state index contributed by atoms with van der Waals surface area (Å²) in [4.78, 5) is 28.0. The fraction of sp³-hybridized carbons (Fsp3) is 0.529. The normalized spacial score (nSPS) is 29.7. The van der Waals surface area contributed by atoms with Crippen molar-refractivity contribution in [1.82, 2.24) is 4.90 Å². The zero-order valence-electron chi connectivity index (χ0n) is 12.9. The Morgan fingerprint density at radius 3 is 3.13 bits per heavy atom. The number of rotatable bonds is 2. The fourth-order valence-electron chi connectivity index (χ4n) is 3.74. The molecule has 3 aliphatic rings. The van der Waals surface area contributed by atoms with E-state index in [1.165, 1.54) is 11.8 Å². The van der Waals surface area contributed by atoms with Gasteiger partial charge in [-0.15, -0.1) is 11.8 Å². The summed E-state index contributed by atoms with van der Waals surface area (Å²) in [5.74, 6) is 0.00973. The lowest BCUT2D eigenvalue weighted by Gasteiger charge is -2.38. The Bertz CT molecular complexity index is 636. The van der Waals surface area contributed by atoms with Crippen molar-refractivity contribution >= 4 is 29.3 Å². The average Bonchev–Trinajstić information content (AvgIpc) is 3.04. The van der Waals surface area contributed by atoms with E-state index in [9.17, 15) is 9.59 Å². The zero-order valence-corrected chi connectivity index (χ0v) is 13.7. The third-order valence-electron chi connectivity index (χ3n) is 4.87. The largest absolute Gasteiger partial charge is 0.374 e. The summed E-state index contributed by atoms with van der Waals surface area (Å²) >= 11 is 1.49. The van der Waals surface area contributed by atoms with Gasteiger partial charge in [0.15, 0.2) is 0 Å². The molecule has 1 saturated heterocycles. The van der Waals surface area contributed by atoms with Crippen LogP contribution in [0, 0.1) is 0 Å². The van der Waals surface area contributed by atoms with Crippen LogP contribution in [0.25, 0.3) is 0 Å². The fourth-order valence-corrected chi connectivity index (χ4v) is 4.84. The number of thioether (sulfide) groups is 1. The first-order valence-corrected chi connectivity index (χ1v) is 9.08. The molecule has 2 fully saturated rings. The van der Waals surface area contributed by atoms with Crippen molar-refractivity contribution in [3.63, 3.8) is 0 Å². The van der Waals surface area contributed by atoms with Gasteiger partial charge in [-0.25, -0.2) is 0 Å². The molecule has 0 spiro atoms. The van der Waals surface area contributed by atoms with Crippen molar-refractivity contribution in [2.24, 2.45) is 0 Å². The van der Waals surface area contributed by atoms with Gasteiger partial charge in [0.1, 0.15) is 0 Å². The highest BCUT2D eigenvalue weighted by molar-refractivity contribution is 8.01. The average molecular weight is 332 g/mol. The maximum absolute atomic E-state index is 12.7. The first kappa shape index (κ1) is 15.0. The SMILES string of the molecule is O=C1Nc2ccccc2SC1CC(=O)N1CCOC2CCCC21. The van der Waals surface area contributed by atoms with Crippen LogP contribution in [-0.4, -0.2) is 47.3 Å². The van der Waals surface area contributed by atoms with Gasteiger partial charge >= 0.3 is 0 Å². The Balaban J connectivity index is 1.45. The second-order valence-electron chi connectivity index (χ2n) is 6.29. The minimum absolute atomic E-state index is 0.0710. The smallest absolute Gasteiger partial charge is 0.238 e. The van der Waals surface area contributed by atoms with Crippen molar-refractivity contribution in [3.8, 4) is 0 Å². The molecule has 23 heavy (non-hydrogen) atoms. The Hall–Kier alpha value is -1.53. The predicted molar refractivity (Wildman–Crippen MR) is 88.4 cm³/mol. The Morgan fingerprint density at radius 2 is 2.22 bits per heavy atom. The molecule has 5 nitrogen and oxygen atoms in total. The molecule has 0 aromatic heterocycles. The Kier molecular flexibility index (Phi) is 4.03. The number of carbonyl (C=O) groups is 2. The van der Waals surface area contributed by atoms with Gasteiger partial charge in [-0.05, 0) is 31.4 Å². The molecule has 1 aromatic carbocycles. The van der Waals surface area contributed by atoms with Crippen LogP contribution in [0.2, 0.25) is 0 Å². The number of benzene rings is 1. The summed E-state index contributed by atoms with van der Waals surface area (Å²) in [6, 6.07) is 7.94. The number of nitrogens with one attached hydrogen (secondary N) is 1. The molecule has 0 bridgehead atoms. The van der Waals surface area contributed by atoms with Crippen LogP contribution in [0.1, 0.15) is 25.7 Å². The summed E-state index contributed by atoms with van der Waals surface area (Å²) in [7, 11) is 0. The topological polar surface area (TPSA) is 58.6 Å². The van der Waals surface area contributed by atoms with E-state index in [2.05, 4.69) is 5.32 Å². The van der Waals surface area contributed by atoms with E-state index in [4.69, 9.17) is 4.74 Å². The van der Waals surface area contributed by atoms with Gasteiger partial charge in [-0.1, -0.05) is 12.1 Å². The summed E-state index contributed by atoms with van der Waals surface area (Å²) < 4.78 is 5.76. The number of carbonyl (C=O) groups excluding carboxylic acids is 2. The number of hydrogen-bond acceptors (Lipinski definition) is 4. The maximum atomic E-state index is 12.7. The molecule has 1 aromatic rings. The monoisotopic (exact) mass is 332 g/mol. The molecular formula is C17H20N2O3S. The zero-order chi connectivity index (χ0) is 15.8. The quantitative estimate of drug-likeness (QED) is 0.903. The summed E-state index contributed by atoms with van der Waals surface area (Å²) in [6.45, 7) is 1.26. The number of ether oxygens (including phenoxy) is 1. The number of anilines is 1. The van der Waals surface area contributed by atoms with Crippen molar-refractivity contribution < 1.29 is 14.3 Å². The van der Waals surface area contributed by atoms with Crippen molar-refractivity contribution in [3.05, 3.63) is 24.3 Å². The van der Waals surface area contributed by atoms with Crippen LogP contribution in [0.15, 0.2) is 29.2 Å². The van der Waals surface area contributed by atoms with Gasteiger partial charge in [-0.3, -0.25) is 9.59 Å². The molecule has 2 aliphatic heterocycles. The Labute approximate surface area is 139 Å². The summed E-state index contributed by atoms with van der Waals surface area (Å²) in [5.41, 5.74) is 0.841. The lowest BCUT2D eigenvalue weighted by molar-refractivity contribution is -0.144. The molecule has 0 radical (unpaired) electrons. The third kappa shape index (κ3) is 2.85. The van der Waals surface area contributed by atoms with Gasteiger partial charge in [0, 0.05) is 17.9 Å². The molecule has 3 unspecified atom stereocenters. The summed E-state index contributed by atoms with van der Waals surface area (Å²) in [5, 5.41) is 2.56. The van der Waals surface area contributed by atoms with E-state index >= 15 is 0 Å². The molecule has 6 heteroatoms.